The molecule has 0 radical (unpaired) electrons. The van der Waals surface area contributed by atoms with Gasteiger partial charge in [0, 0.05) is 12.4 Å². The summed E-state index contributed by atoms with van der Waals surface area (Å²) < 4.78 is 1.90. The van der Waals surface area contributed by atoms with Gasteiger partial charge in [-0.2, -0.15) is 10.2 Å². The van der Waals surface area contributed by atoms with Gasteiger partial charge in [-0.1, -0.05) is 0 Å². The summed E-state index contributed by atoms with van der Waals surface area (Å²) in [6.07, 6.45) is 10.1. The average molecular weight is 287 g/mol. The Morgan fingerprint density at radius 3 is 2.95 bits per heavy atom. The Balaban J connectivity index is 1.69. The lowest BCUT2D eigenvalue weighted by atomic mass is 9.87. The van der Waals surface area contributed by atoms with Crippen LogP contribution >= 0.6 is 0 Å². The van der Waals surface area contributed by atoms with Crippen molar-refractivity contribution in [1.29, 1.82) is 0 Å². The number of aromatic nitrogens is 4. The molecule has 21 heavy (non-hydrogen) atoms. The van der Waals surface area contributed by atoms with Crippen molar-refractivity contribution in [2.24, 2.45) is 0 Å². The number of hydrogen-bond acceptors (Lipinski definition) is 5. The summed E-state index contributed by atoms with van der Waals surface area (Å²) in [7, 11) is 0. The largest absolute Gasteiger partial charge is 0.389 e. The molecule has 3 atom stereocenters. The molecule has 0 aromatic carbocycles. The third-order valence-electron chi connectivity index (χ3n) is 3.89. The molecule has 0 saturated heterocycles. The fourth-order valence-electron chi connectivity index (χ4n) is 2.78. The van der Waals surface area contributed by atoms with Crippen LogP contribution in [0.3, 0.4) is 0 Å². The van der Waals surface area contributed by atoms with Crippen molar-refractivity contribution in [2.45, 2.75) is 37.5 Å². The molecule has 2 heterocycles. The number of nitrogens with zero attached hydrogens (tertiary/aromatic N) is 4. The Morgan fingerprint density at radius 1 is 1.33 bits per heavy atom. The van der Waals surface area contributed by atoms with Gasteiger partial charge in [-0.25, -0.2) is 4.98 Å². The normalized spacial score (nSPS) is 25.5. The molecule has 2 aromatic heterocycles. The first kappa shape index (κ1) is 13.7. The van der Waals surface area contributed by atoms with E-state index in [4.69, 9.17) is 0 Å². The minimum absolute atomic E-state index is 0.0536. The van der Waals surface area contributed by atoms with Crippen LogP contribution in [0, 0.1) is 0 Å². The number of nitrogens with one attached hydrogen (secondary N) is 1. The predicted molar refractivity (Wildman–Crippen MR) is 74.4 cm³/mol. The van der Waals surface area contributed by atoms with Gasteiger partial charge in [0.05, 0.1) is 42.5 Å². The minimum Gasteiger partial charge on any atom is -0.389 e. The van der Waals surface area contributed by atoms with Crippen LogP contribution in [0.5, 0.6) is 0 Å². The molecule has 0 aliphatic heterocycles. The van der Waals surface area contributed by atoms with Gasteiger partial charge in [-0.3, -0.25) is 4.79 Å². The van der Waals surface area contributed by atoms with Gasteiger partial charge in [0.15, 0.2) is 0 Å². The molecular weight excluding hydrogens is 270 g/mol. The Bertz CT molecular complexity index is 587. The summed E-state index contributed by atoms with van der Waals surface area (Å²) in [5.41, 5.74) is 0.446. The molecule has 2 aromatic rings. The van der Waals surface area contributed by atoms with Gasteiger partial charge in [0.2, 0.25) is 0 Å². The van der Waals surface area contributed by atoms with Gasteiger partial charge in [-0.15, -0.1) is 0 Å². The van der Waals surface area contributed by atoms with Gasteiger partial charge in [-0.05, 0) is 25.3 Å². The molecule has 1 saturated carbocycles. The molecular formula is C14H17N5O2. The highest BCUT2D eigenvalue weighted by molar-refractivity contribution is 5.93. The number of carbonyl (C=O) groups excluding carboxylic acids is 1. The molecule has 1 aliphatic rings. The maximum Gasteiger partial charge on any atom is 0.253 e. The van der Waals surface area contributed by atoms with Crippen LogP contribution in [0.4, 0.5) is 0 Å². The number of imidazole rings is 1. The molecule has 7 nitrogen and oxygen atoms in total. The quantitative estimate of drug-likeness (QED) is 0.860. The smallest absolute Gasteiger partial charge is 0.253 e. The van der Waals surface area contributed by atoms with Gasteiger partial charge < -0.3 is 15.0 Å². The summed E-state index contributed by atoms with van der Waals surface area (Å²) in [6, 6.07) is 1.28. The van der Waals surface area contributed by atoms with E-state index in [9.17, 15) is 9.90 Å². The summed E-state index contributed by atoms with van der Waals surface area (Å²) in [5, 5.41) is 20.7. The Kier molecular flexibility index (Phi) is 3.92. The number of carbonyl (C=O) groups is 1. The second-order valence-corrected chi connectivity index (χ2v) is 5.21. The lowest BCUT2D eigenvalue weighted by Gasteiger charge is -2.35. The highest BCUT2D eigenvalue weighted by Gasteiger charge is 2.33. The molecule has 1 aliphatic carbocycles. The van der Waals surface area contributed by atoms with Crippen molar-refractivity contribution in [3.63, 3.8) is 0 Å². The molecule has 1 amide bonds. The molecule has 3 rings (SSSR count). The Morgan fingerprint density at radius 2 is 2.24 bits per heavy atom. The molecule has 1 fully saturated rings. The predicted octanol–water partition coefficient (Wildman–Crippen LogP) is 0.558. The minimum atomic E-state index is -0.633. The number of rotatable bonds is 3. The molecule has 0 spiro atoms. The van der Waals surface area contributed by atoms with E-state index in [-0.39, 0.29) is 18.0 Å². The zero-order chi connectivity index (χ0) is 14.7. The van der Waals surface area contributed by atoms with Crippen LogP contribution < -0.4 is 5.32 Å². The highest BCUT2D eigenvalue weighted by Crippen LogP contribution is 2.29. The number of aliphatic hydroxyl groups is 1. The SMILES string of the molecule is O=C(N[C@@H]1CCC[C@@H](n2ccnc2)[C@@H]1O)c1ccnnc1. The fraction of sp³-hybridized carbons (Fsp3) is 0.429. The van der Waals surface area contributed by atoms with Gasteiger partial charge in [0.25, 0.3) is 5.91 Å². The van der Waals surface area contributed by atoms with Gasteiger partial charge in [0.1, 0.15) is 0 Å². The van der Waals surface area contributed by atoms with Crippen molar-refractivity contribution < 1.29 is 9.90 Å². The van der Waals surface area contributed by atoms with Crippen molar-refractivity contribution in [1.82, 2.24) is 25.1 Å². The molecule has 110 valence electrons. The maximum absolute atomic E-state index is 12.1. The van der Waals surface area contributed by atoms with Crippen molar-refractivity contribution in [3.8, 4) is 0 Å². The van der Waals surface area contributed by atoms with Crippen LogP contribution in [0.1, 0.15) is 35.7 Å². The molecule has 7 heteroatoms. The molecule has 2 N–H and O–H groups in total. The van der Waals surface area contributed by atoms with Crippen LogP contribution in [0.2, 0.25) is 0 Å². The van der Waals surface area contributed by atoms with Crippen LogP contribution in [0.15, 0.2) is 37.2 Å². The first-order valence-electron chi connectivity index (χ1n) is 6.99. The van der Waals surface area contributed by atoms with E-state index in [1.165, 1.54) is 12.4 Å². The van der Waals surface area contributed by atoms with E-state index >= 15 is 0 Å². The third kappa shape index (κ3) is 2.92. The first-order valence-corrected chi connectivity index (χ1v) is 6.99. The van der Waals surface area contributed by atoms with Crippen LogP contribution in [-0.2, 0) is 0 Å². The first-order chi connectivity index (χ1) is 10.3. The number of aliphatic hydroxyl groups excluding tert-OH is 1. The summed E-state index contributed by atoms with van der Waals surface area (Å²) >= 11 is 0. The van der Waals surface area contributed by atoms with E-state index in [2.05, 4.69) is 20.5 Å². The summed E-state index contributed by atoms with van der Waals surface area (Å²) in [5.74, 6) is -0.236. The Hall–Kier alpha value is -2.28. The zero-order valence-electron chi connectivity index (χ0n) is 11.5. The highest BCUT2D eigenvalue weighted by atomic mass is 16.3. The van der Waals surface area contributed by atoms with Crippen molar-refractivity contribution >= 4 is 5.91 Å². The fourth-order valence-corrected chi connectivity index (χ4v) is 2.78. The molecule has 0 unspecified atom stereocenters. The Labute approximate surface area is 122 Å². The monoisotopic (exact) mass is 287 g/mol. The van der Waals surface area contributed by atoms with Crippen molar-refractivity contribution in [2.75, 3.05) is 0 Å². The number of amides is 1. The van der Waals surface area contributed by atoms with E-state index in [0.717, 1.165) is 19.3 Å². The zero-order valence-corrected chi connectivity index (χ0v) is 11.5. The van der Waals surface area contributed by atoms with E-state index in [1.807, 2.05) is 10.8 Å². The van der Waals surface area contributed by atoms with E-state index < -0.39 is 6.10 Å². The summed E-state index contributed by atoms with van der Waals surface area (Å²) in [6.45, 7) is 0. The van der Waals surface area contributed by atoms with Gasteiger partial charge >= 0.3 is 0 Å². The average Bonchev–Trinajstić information content (AvgIpc) is 3.04. The lowest BCUT2D eigenvalue weighted by Crippen LogP contribution is -2.49. The standard InChI is InChI=1S/C14H17N5O2/c20-13-11(18-14(21)10-4-5-16-17-8-10)2-1-3-12(13)19-7-6-15-9-19/h4-9,11-13,20H,1-3H2,(H,18,21)/t11-,12-,13-/m1/s1. The number of hydrogen-bond donors (Lipinski definition) is 2. The third-order valence-corrected chi connectivity index (χ3v) is 3.89. The van der Waals surface area contributed by atoms with E-state index in [0.29, 0.717) is 5.56 Å². The lowest BCUT2D eigenvalue weighted by molar-refractivity contribution is 0.0398. The van der Waals surface area contributed by atoms with E-state index in [1.54, 1.807) is 18.6 Å². The van der Waals surface area contributed by atoms with Crippen LogP contribution in [-0.4, -0.2) is 42.9 Å². The maximum atomic E-state index is 12.1. The topological polar surface area (TPSA) is 92.9 Å². The second kappa shape index (κ2) is 6.01. The van der Waals surface area contributed by atoms with Crippen molar-refractivity contribution in [3.05, 3.63) is 42.7 Å². The molecule has 0 bridgehead atoms. The summed E-state index contributed by atoms with van der Waals surface area (Å²) in [4.78, 5) is 16.2. The second-order valence-electron chi connectivity index (χ2n) is 5.21. The van der Waals surface area contributed by atoms with Crippen LogP contribution in [0.25, 0.3) is 0 Å².